The van der Waals surface area contributed by atoms with Crippen molar-refractivity contribution in [3.05, 3.63) is 23.5 Å². The van der Waals surface area contributed by atoms with E-state index in [9.17, 15) is 13.6 Å². The third kappa shape index (κ3) is 3.41. The van der Waals surface area contributed by atoms with Gasteiger partial charge >= 0.3 is 5.97 Å². The van der Waals surface area contributed by atoms with E-state index in [1.807, 2.05) is 0 Å². The second-order valence-electron chi connectivity index (χ2n) is 5.68. The Morgan fingerprint density at radius 3 is 2.72 bits per heavy atom. The van der Waals surface area contributed by atoms with Crippen molar-refractivity contribution in [2.24, 2.45) is 0 Å². The van der Waals surface area contributed by atoms with Crippen LogP contribution in [0.5, 0.6) is 5.75 Å². The zero-order valence-electron chi connectivity index (χ0n) is 13.7. The lowest BCUT2D eigenvalue weighted by Gasteiger charge is -2.10. The predicted molar refractivity (Wildman–Crippen MR) is 86.5 cm³/mol. The van der Waals surface area contributed by atoms with E-state index < -0.39 is 18.0 Å². The standard InChI is InChI=1S/C16H17ClF2N2O4/c1-23-11-6-9(15(22)24-2)5-10-14(11)20-13(8-17)21(10)3-4-25-12-7-16(12,18)19/h5-6,12H,3-4,7-8H2,1-2H3. The molecule has 1 aliphatic rings. The number of aromatic nitrogens is 2. The minimum atomic E-state index is -2.73. The quantitative estimate of drug-likeness (QED) is 0.550. The number of rotatable bonds is 7. The molecule has 1 heterocycles. The molecule has 25 heavy (non-hydrogen) atoms. The summed E-state index contributed by atoms with van der Waals surface area (Å²) in [5, 5.41) is 0. The van der Waals surface area contributed by atoms with Gasteiger partial charge in [-0.3, -0.25) is 0 Å². The molecule has 1 atom stereocenters. The van der Waals surface area contributed by atoms with Gasteiger partial charge in [-0.1, -0.05) is 0 Å². The van der Waals surface area contributed by atoms with Gasteiger partial charge in [0.05, 0.1) is 37.8 Å². The number of hydrogen-bond acceptors (Lipinski definition) is 5. The minimum Gasteiger partial charge on any atom is -0.494 e. The van der Waals surface area contributed by atoms with E-state index in [0.717, 1.165) is 0 Å². The molecule has 0 amide bonds. The number of imidazole rings is 1. The molecule has 1 saturated carbocycles. The molecule has 1 aromatic carbocycles. The fourth-order valence-corrected chi connectivity index (χ4v) is 2.84. The number of methoxy groups -OCH3 is 2. The molecule has 6 nitrogen and oxygen atoms in total. The van der Waals surface area contributed by atoms with Crippen molar-refractivity contribution >= 4 is 28.6 Å². The highest BCUT2D eigenvalue weighted by atomic mass is 35.5. The first-order valence-corrected chi connectivity index (χ1v) is 8.15. The van der Waals surface area contributed by atoms with Crippen molar-refractivity contribution < 1.29 is 27.8 Å². The number of hydrogen-bond donors (Lipinski definition) is 0. The monoisotopic (exact) mass is 374 g/mol. The molecular weight excluding hydrogens is 358 g/mol. The largest absolute Gasteiger partial charge is 0.494 e. The van der Waals surface area contributed by atoms with Crippen molar-refractivity contribution in [2.45, 2.75) is 30.9 Å². The Morgan fingerprint density at radius 1 is 1.44 bits per heavy atom. The Labute approximate surface area is 147 Å². The van der Waals surface area contributed by atoms with Crippen LogP contribution in [0, 0.1) is 0 Å². The first-order chi connectivity index (χ1) is 11.9. The summed E-state index contributed by atoms with van der Waals surface area (Å²) in [7, 11) is 2.75. The summed E-state index contributed by atoms with van der Waals surface area (Å²) in [6.07, 6.45) is -1.28. The number of ether oxygens (including phenoxy) is 3. The van der Waals surface area contributed by atoms with Crippen molar-refractivity contribution in [3.8, 4) is 5.75 Å². The van der Waals surface area contributed by atoms with Gasteiger partial charge in [-0.25, -0.2) is 18.6 Å². The van der Waals surface area contributed by atoms with Crippen LogP contribution in [-0.2, 0) is 21.9 Å². The number of halogens is 3. The Morgan fingerprint density at radius 2 is 2.16 bits per heavy atom. The molecule has 2 aromatic rings. The third-order valence-corrected chi connectivity index (χ3v) is 4.30. The van der Waals surface area contributed by atoms with E-state index in [0.29, 0.717) is 28.2 Å². The number of carbonyl (C=O) groups is 1. The van der Waals surface area contributed by atoms with Gasteiger partial charge in [0, 0.05) is 13.0 Å². The normalized spacial score (nSPS) is 18.4. The highest BCUT2D eigenvalue weighted by molar-refractivity contribution is 6.17. The highest BCUT2D eigenvalue weighted by Gasteiger charge is 2.58. The number of nitrogens with zero attached hydrogens (tertiary/aromatic N) is 2. The molecule has 1 aliphatic carbocycles. The van der Waals surface area contributed by atoms with Crippen molar-refractivity contribution in [1.82, 2.24) is 9.55 Å². The predicted octanol–water partition coefficient (Wildman–Crippen LogP) is 2.99. The van der Waals surface area contributed by atoms with E-state index in [1.54, 1.807) is 10.6 Å². The van der Waals surface area contributed by atoms with Gasteiger partial charge in [-0.05, 0) is 12.1 Å². The SMILES string of the molecule is COC(=O)c1cc(OC)c2nc(CCl)n(CCOC3CC3(F)F)c2c1. The lowest BCUT2D eigenvalue weighted by molar-refractivity contribution is 0.0108. The second-order valence-corrected chi connectivity index (χ2v) is 5.94. The number of fused-ring (bicyclic) bond motifs is 1. The molecule has 1 unspecified atom stereocenters. The number of benzene rings is 1. The number of carbonyl (C=O) groups excluding carboxylic acids is 1. The number of esters is 1. The fourth-order valence-electron chi connectivity index (χ4n) is 2.64. The van der Waals surface area contributed by atoms with Crippen LogP contribution in [0.4, 0.5) is 8.78 Å². The fraction of sp³-hybridized carbons (Fsp3) is 0.500. The average molecular weight is 375 g/mol. The van der Waals surface area contributed by atoms with Gasteiger partial charge in [0.25, 0.3) is 5.92 Å². The summed E-state index contributed by atoms with van der Waals surface area (Å²) in [4.78, 5) is 16.3. The number of alkyl halides is 3. The van der Waals surface area contributed by atoms with E-state index in [4.69, 9.17) is 25.8 Å². The first kappa shape index (κ1) is 17.9. The van der Waals surface area contributed by atoms with E-state index in [-0.39, 0.29) is 25.5 Å². The third-order valence-electron chi connectivity index (χ3n) is 4.06. The van der Waals surface area contributed by atoms with Gasteiger partial charge in [-0.2, -0.15) is 0 Å². The van der Waals surface area contributed by atoms with Crippen LogP contribution in [-0.4, -0.2) is 48.4 Å². The Balaban J connectivity index is 1.93. The minimum absolute atomic E-state index is 0.0837. The Kier molecular flexibility index (Phi) is 4.83. The summed E-state index contributed by atoms with van der Waals surface area (Å²) in [6, 6.07) is 3.14. The van der Waals surface area contributed by atoms with Crippen LogP contribution in [0.25, 0.3) is 11.0 Å². The van der Waals surface area contributed by atoms with E-state index >= 15 is 0 Å². The topological polar surface area (TPSA) is 62.6 Å². The van der Waals surface area contributed by atoms with Crippen molar-refractivity contribution in [1.29, 1.82) is 0 Å². The Bertz CT molecular complexity index is 809. The molecule has 0 radical (unpaired) electrons. The molecule has 1 fully saturated rings. The second kappa shape index (κ2) is 6.76. The zero-order chi connectivity index (χ0) is 18.2. The Hall–Kier alpha value is -1.93. The summed E-state index contributed by atoms with van der Waals surface area (Å²) >= 11 is 5.95. The maximum atomic E-state index is 12.9. The molecular formula is C16H17ClF2N2O4. The molecule has 1 aromatic heterocycles. The highest BCUT2D eigenvalue weighted by Crippen LogP contribution is 2.44. The molecule has 3 rings (SSSR count). The van der Waals surface area contributed by atoms with E-state index in [1.165, 1.54) is 20.3 Å². The van der Waals surface area contributed by atoms with Crippen LogP contribution >= 0.6 is 11.6 Å². The molecule has 0 N–H and O–H groups in total. The summed E-state index contributed by atoms with van der Waals surface area (Å²) in [6.45, 7) is 0.360. The molecule has 0 saturated heterocycles. The van der Waals surface area contributed by atoms with Crippen molar-refractivity contribution in [2.75, 3.05) is 20.8 Å². The lowest BCUT2D eigenvalue weighted by Crippen LogP contribution is -2.12. The van der Waals surface area contributed by atoms with Crippen LogP contribution in [0.2, 0.25) is 0 Å². The van der Waals surface area contributed by atoms with Crippen LogP contribution in [0.15, 0.2) is 12.1 Å². The van der Waals surface area contributed by atoms with Gasteiger partial charge in [0.15, 0.2) is 0 Å². The smallest absolute Gasteiger partial charge is 0.338 e. The van der Waals surface area contributed by atoms with E-state index in [2.05, 4.69) is 4.98 Å². The summed E-state index contributed by atoms with van der Waals surface area (Å²) in [5.74, 6) is -2.20. The lowest BCUT2D eigenvalue weighted by atomic mass is 10.2. The summed E-state index contributed by atoms with van der Waals surface area (Å²) in [5.41, 5.74) is 1.42. The van der Waals surface area contributed by atoms with Crippen LogP contribution in [0.1, 0.15) is 22.6 Å². The molecule has 0 aliphatic heterocycles. The van der Waals surface area contributed by atoms with Gasteiger partial charge in [0.2, 0.25) is 0 Å². The van der Waals surface area contributed by atoms with Gasteiger partial charge in [0.1, 0.15) is 23.2 Å². The maximum Gasteiger partial charge on any atom is 0.338 e. The molecule has 136 valence electrons. The van der Waals surface area contributed by atoms with Gasteiger partial charge < -0.3 is 18.8 Å². The van der Waals surface area contributed by atoms with Crippen LogP contribution in [0.3, 0.4) is 0 Å². The molecule has 0 spiro atoms. The van der Waals surface area contributed by atoms with Gasteiger partial charge in [-0.15, -0.1) is 11.6 Å². The summed E-state index contributed by atoms with van der Waals surface area (Å²) < 4.78 is 42.8. The average Bonchev–Trinajstić information content (AvgIpc) is 3.06. The van der Waals surface area contributed by atoms with Crippen molar-refractivity contribution in [3.63, 3.8) is 0 Å². The molecule has 9 heteroatoms. The maximum absolute atomic E-state index is 12.9. The van der Waals surface area contributed by atoms with Crippen LogP contribution < -0.4 is 4.74 Å². The molecule has 0 bridgehead atoms. The zero-order valence-corrected chi connectivity index (χ0v) is 14.5. The first-order valence-electron chi connectivity index (χ1n) is 7.62.